The number of para-hydroxylation sites is 1. The van der Waals surface area contributed by atoms with E-state index in [4.69, 9.17) is 0 Å². The number of carbonyl (C=O) groups is 1. The van der Waals surface area contributed by atoms with Gasteiger partial charge in [0.25, 0.3) is 0 Å². The van der Waals surface area contributed by atoms with Crippen molar-refractivity contribution in [2.24, 2.45) is 0 Å². The van der Waals surface area contributed by atoms with Crippen molar-refractivity contribution in [3.05, 3.63) is 29.8 Å². The molecular weight excluding hydrogens is 224 g/mol. The summed E-state index contributed by atoms with van der Waals surface area (Å²) >= 11 is 0. The van der Waals surface area contributed by atoms with E-state index in [1.165, 1.54) is 0 Å². The van der Waals surface area contributed by atoms with E-state index in [-0.39, 0.29) is 11.9 Å². The summed E-state index contributed by atoms with van der Waals surface area (Å²) in [5.74, 6) is 0.177. The first-order valence-corrected chi connectivity index (χ1v) is 6.69. The van der Waals surface area contributed by atoms with Crippen LogP contribution in [0.1, 0.15) is 31.7 Å². The van der Waals surface area contributed by atoms with Gasteiger partial charge in [-0.1, -0.05) is 18.2 Å². The average molecular weight is 246 g/mol. The Labute approximate surface area is 109 Å². The third-order valence-corrected chi connectivity index (χ3v) is 3.72. The monoisotopic (exact) mass is 246 g/mol. The van der Waals surface area contributed by atoms with Gasteiger partial charge in [0.1, 0.15) is 0 Å². The summed E-state index contributed by atoms with van der Waals surface area (Å²) in [4.78, 5) is 14.2. The third-order valence-electron chi connectivity index (χ3n) is 3.72. The lowest BCUT2D eigenvalue weighted by atomic mass is 9.98. The van der Waals surface area contributed by atoms with Crippen molar-refractivity contribution in [1.29, 1.82) is 0 Å². The highest BCUT2D eigenvalue weighted by Gasteiger charge is 2.27. The fraction of sp³-hybridized carbons (Fsp3) is 0.533. The van der Waals surface area contributed by atoms with Gasteiger partial charge < -0.3 is 10.2 Å². The third kappa shape index (κ3) is 2.72. The predicted octanol–water partition coefficient (Wildman–Crippen LogP) is 2.49. The van der Waals surface area contributed by atoms with Crippen molar-refractivity contribution >= 4 is 11.6 Å². The summed E-state index contributed by atoms with van der Waals surface area (Å²) in [5, 5.41) is 3.39. The lowest BCUT2D eigenvalue weighted by Crippen LogP contribution is -2.50. The molecule has 0 aliphatic carbocycles. The molecule has 2 rings (SSSR count). The fourth-order valence-electron chi connectivity index (χ4n) is 2.63. The number of carbonyl (C=O) groups excluding carboxylic acids is 1. The number of amides is 1. The van der Waals surface area contributed by atoms with Gasteiger partial charge in [0.2, 0.25) is 5.91 Å². The Bertz CT molecular complexity index is 430. The standard InChI is InChI=1S/C15H22N2O/c1-11-7-4-5-10-14(11)17(3)15(18)13-9-6-8-12(2)16-13/h4-5,7,10,12-13,16H,6,8-9H2,1-3H3. The van der Waals surface area contributed by atoms with Crippen molar-refractivity contribution in [2.75, 3.05) is 11.9 Å². The first kappa shape index (κ1) is 13.1. The van der Waals surface area contributed by atoms with Crippen molar-refractivity contribution in [3.8, 4) is 0 Å². The quantitative estimate of drug-likeness (QED) is 0.869. The molecule has 0 radical (unpaired) electrons. The molecule has 0 saturated carbocycles. The zero-order valence-corrected chi connectivity index (χ0v) is 11.4. The summed E-state index contributed by atoms with van der Waals surface area (Å²) in [7, 11) is 1.87. The number of nitrogens with one attached hydrogen (secondary N) is 1. The summed E-state index contributed by atoms with van der Waals surface area (Å²) < 4.78 is 0. The van der Waals surface area contributed by atoms with Crippen LogP contribution in [-0.2, 0) is 4.79 Å². The molecule has 2 atom stereocenters. The van der Waals surface area contributed by atoms with Crippen LogP contribution in [0.4, 0.5) is 5.69 Å². The van der Waals surface area contributed by atoms with E-state index < -0.39 is 0 Å². The summed E-state index contributed by atoms with van der Waals surface area (Å²) in [5.41, 5.74) is 2.14. The lowest BCUT2D eigenvalue weighted by Gasteiger charge is -2.31. The molecule has 0 bridgehead atoms. The number of rotatable bonds is 2. The number of hydrogen-bond acceptors (Lipinski definition) is 2. The number of anilines is 1. The zero-order chi connectivity index (χ0) is 13.1. The first-order chi connectivity index (χ1) is 8.59. The minimum Gasteiger partial charge on any atom is -0.314 e. The van der Waals surface area contributed by atoms with E-state index in [0.29, 0.717) is 6.04 Å². The molecule has 98 valence electrons. The van der Waals surface area contributed by atoms with Gasteiger partial charge in [-0.25, -0.2) is 0 Å². The Hall–Kier alpha value is -1.35. The molecule has 2 unspecified atom stereocenters. The highest BCUT2D eigenvalue weighted by molar-refractivity contribution is 5.97. The van der Waals surface area contributed by atoms with E-state index in [1.54, 1.807) is 4.90 Å². The summed E-state index contributed by atoms with van der Waals surface area (Å²) in [6, 6.07) is 8.42. The Morgan fingerprint density at radius 3 is 2.72 bits per heavy atom. The van der Waals surface area contributed by atoms with Crippen molar-refractivity contribution in [3.63, 3.8) is 0 Å². The van der Waals surface area contributed by atoms with Crippen LogP contribution in [0, 0.1) is 6.92 Å². The second-order valence-electron chi connectivity index (χ2n) is 5.23. The highest BCUT2D eigenvalue weighted by atomic mass is 16.2. The molecule has 1 aliphatic rings. The molecule has 1 amide bonds. The molecule has 0 aromatic heterocycles. The molecule has 1 saturated heterocycles. The summed E-state index contributed by atoms with van der Waals surface area (Å²) in [6.07, 6.45) is 3.24. The maximum atomic E-state index is 12.5. The minimum atomic E-state index is -0.0293. The average Bonchev–Trinajstić information content (AvgIpc) is 2.37. The SMILES string of the molecule is Cc1ccccc1N(C)C(=O)C1CCCC(C)N1. The number of benzene rings is 1. The minimum absolute atomic E-state index is 0.0293. The molecule has 0 spiro atoms. The van der Waals surface area contributed by atoms with Gasteiger partial charge in [-0.05, 0) is 44.7 Å². The van der Waals surface area contributed by atoms with Crippen molar-refractivity contribution in [1.82, 2.24) is 5.32 Å². The van der Waals surface area contributed by atoms with Crippen LogP contribution in [0.5, 0.6) is 0 Å². The smallest absolute Gasteiger partial charge is 0.243 e. The van der Waals surface area contributed by atoms with Crippen molar-refractivity contribution in [2.45, 2.75) is 45.2 Å². The van der Waals surface area contributed by atoms with E-state index >= 15 is 0 Å². The molecule has 18 heavy (non-hydrogen) atoms. The molecule has 1 heterocycles. The Morgan fingerprint density at radius 1 is 1.33 bits per heavy atom. The molecule has 1 aliphatic heterocycles. The molecule has 1 fully saturated rings. The molecule has 3 heteroatoms. The fourth-order valence-corrected chi connectivity index (χ4v) is 2.63. The van der Waals surface area contributed by atoms with Gasteiger partial charge >= 0.3 is 0 Å². The van der Waals surface area contributed by atoms with Crippen LogP contribution >= 0.6 is 0 Å². The molecule has 1 aromatic rings. The number of aryl methyl sites for hydroxylation is 1. The summed E-state index contributed by atoms with van der Waals surface area (Å²) in [6.45, 7) is 4.18. The molecule has 1 aromatic carbocycles. The number of piperidine rings is 1. The van der Waals surface area contributed by atoms with E-state index in [1.807, 2.05) is 38.2 Å². The van der Waals surface area contributed by atoms with Gasteiger partial charge in [0.15, 0.2) is 0 Å². The zero-order valence-electron chi connectivity index (χ0n) is 11.4. The van der Waals surface area contributed by atoms with Crippen LogP contribution in [-0.4, -0.2) is 25.0 Å². The van der Waals surface area contributed by atoms with Gasteiger partial charge in [0.05, 0.1) is 6.04 Å². The van der Waals surface area contributed by atoms with Crippen molar-refractivity contribution < 1.29 is 4.79 Å². The van der Waals surface area contributed by atoms with Crippen LogP contribution in [0.15, 0.2) is 24.3 Å². The topological polar surface area (TPSA) is 32.3 Å². The Morgan fingerprint density at radius 2 is 2.06 bits per heavy atom. The van der Waals surface area contributed by atoms with Crippen LogP contribution < -0.4 is 10.2 Å². The number of likely N-dealkylation sites (N-methyl/N-ethyl adjacent to an activating group) is 1. The molecule has 1 N–H and O–H groups in total. The second-order valence-corrected chi connectivity index (χ2v) is 5.23. The van der Waals surface area contributed by atoms with E-state index in [9.17, 15) is 4.79 Å². The predicted molar refractivity (Wildman–Crippen MR) is 74.8 cm³/mol. The van der Waals surface area contributed by atoms with E-state index in [0.717, 1.165) is 30.5 Å². The van der Waals surface area contributed by atoms with Gasteiger partial charge in [-0.15, -0.1) is 0 Å². The Balaban J connectivity index is 2.11. The first-order valence-electron chi connectivity index (χ1n) is 6.69. The van der Waals surface area contributed by atoms with Crippen LogP contribution in [0.3, 0.4) is 0 Å². The number of hydrogen-bond donors (Lipinski definition) is 1. The maximum absolute atomic E-state index is 12.5. The molecular formula is C15H22N2O. The van der Waals surface area contributed by atoms with Gasteiger partial charge in [-0.3, -0.25) is 4.79 Å². The number of nitrogens with zero attached hydrogens (tertiary/aromatic N) is 1. The van der Waals surface area contributed by atoms with Gasteiger partial charge in [-0.2, -0.15) is 0 Å². The maximum Gasteiger partial charge on any atom is 0.243 e. The largest absolute Gasteiger partial charge is 0.314 e. The van der Waals surface area contributed by atoms with Gasteiger partial charge in [0, 0.05) is 18.8 Å². The second kappa shape index (κ2) is 5.53. The normalized spacial score (nSPS) is 23.7. The lowest BCUT2D eigenvalue weighted by molar-refractivity contribution is -0.121. The Kier molecular flexibility index (Phi) is 4.02. The van der Waals surface area contributed by atoms with E-state index in [2.05, 4.69) is 12.2 Å². The van der Waals surface area contributed by atoms with Crippen LogP contribution in [0.25, 0.3) is 0 Å². The highest BCUT2D eigenvalue weighted by Crippen LogP contribution is 2.21. The van der Waals surface area contributed by atoms with Crippen LogP contribution in [0.2, 0.25) is 0 Å². The molecule has 3 nitrogen and oxygen atoms in total.